The third-order valence-corrected chi connectivity index (χ3v) is 2.79. The van der Waals surface area contributed by atoms with Gasteiger partial charge in [0.25, 0.3) is 0 Å². The molecule has 0 bridgehead atoms. The topological polar surface area (TPSA) is 55.5 Å². The quantitative estimate of drug-likeness (QED) is 0.853. The van der Waals surface area contributed by atoms with E-state index in [1.165, 1.54) is 13.2 Å². The van der Waals surface area contributed by atoms with E-state index in [1.54, 1.807) is 12.1 Å². The zero-order valence-electron chi connectivity index (χ0n) is 10.7. The van der Waals surface area contributed by atoms with E-state index in [-0.39, 0.29) is 5.56 Å². The fraction of sp³-hybridized carbons (Fsp3) is 0.538. The molecule has 1 aromatic rings. The maximum atomic E-state index is 13.8. The predicted octanol–water partition coefficient (Wildman–Crippen LogP) is 2.24. The molecule has 0 aliphatic carbocycles. The van der Waals surface area contributed by atoms with Crippen LogP contribution in [0.3, 0.4) is 0 Å². The van der Waals surface area contributed by atoms with Crippen molar-refractivity contribution in [1.82, 2.24) is 0 Å². The lowest BCUT2D eigenvalue weighted by atomic mass is 9.82. The minimum absolute atomic E-state index is 0.220. The summed E-state index contributed by atoms with van der Waals surface area (Å²) < 4.78 is 18.8. The van der Waals surface area contributed by atoms with Gasteiger partial charge < -0.3 is 15.6 Å². The fourth-order valence-electron chi connectivity index (χ4n) is 1.72. The summed E-state index contributed by atoms with van der Waals surface area (Å²) in [5.41, 5.74) is 5.73. The molecule has 1 rings (SSSR count). The molecule has 0 aromatic heterocycles. The zero-order chi connectivity index (χ0) is 13.2. The van der Waals surface area contributed by atoms with Gasteiger partial charge >= 0.3 is 0 Å². The summed E-state index contributed by atoms with van der Waals surface area (Å²) in [6.07, 6.45) is -0.853. The summed E-state index contributed by atoms with van der Waals surface area (Å²) in [6, 6.07) is 3.68. The molecule has 2 atom stereocenters. The van der Waals surface area contributed by atoms with Gasteiger partial charge in [-0.15, -0.1) is 0 Å². The molecule has 4 heteroatoms. The van der Waals surface area contributed by atoms with Crippen molar-refractivity contribution in [3.8, 4) is 5.75 Å². The Kier molecular flexibility index (Phi) is 4.11. The average Bonchev–Trinajstić information content (AvgIpc) is 2.25. The normalized spacial score (nSPS) is 15.5. The molecule has 0 unspecified atom stereocenters. The second-order valence-corrected chi connectivity index (χ2v) is 5.19. The Balaban J connectivity index is 3.16. The Morgan fingerprint density at radius 1 is 1.35 bits per heavy atom. The minimum Gasteiger partial charge on any atom is -0.496 e. The lowest BCUT2D eigenvalue weighted by Crippen LogP contribution is -2.37. The van der Waals surface area contributed by atoms with Gasteiger partial charge in [0.2, 0.25) is 0 Å². The highest BCUT2D eigenvalue weighted by Gasteiger charge is 2.32. The largest absolute Gasteiger partial charge is 0.496 e. The van der Waals surface area contributed by atoms with E-state index in [1.807, 2.05) is 20.8 Å². The van der Waals surface area contributed by atoms with Gasteiger partial charge in [-0.05, 0) is 17.5 Å². The lowest BCUT2D eigenvalue weighted by molar-refractivity contribution is 0.0384. The summed E-state index contributed by atoms with van der Waals surface area (Å²) >= 11 is 0. The van der Waals surface area contributed by atoms with Gasteiger partial charge in [0, 0.05) is 5.56 Å². The molecule has 0 spiro atoms. The van der Waals surface area contributed by atoms with Crippen molar-refractivity contribution in [2.24, 2.45) is 11.1 Å². The summed E-state index contributed by atoms with van der Waals surface area (Å²) in [7, 11) is 1.45. The highest BCUT2D eigenvalue weighted by molar-refractivity contribution is 5.37. The minimum atomic E-state index is -0.853. The Hall–Kier alpha value is -1.13. The number of nitrogens with two attached hydrogens (primary N) is 1. The number of hydrogen-bond acceptors (Lipinski definition) is 3. The molecule has 3 nitrogen and oxygen atoms in total. The number of aliphatic hydroxyl groups excluding tert-OH is 1. The van der Waals surface area contributed by atoms with Crippen LogP contribution in [0.15, 0.2) is 18.2 Å². The standard InChI is InChI=1S/C13H20FNO2/c1-13(2,3)12(16)11(15)10-8(14)6-5-7-9(10)17-4/h5-7,11-12,16H,15H2,1-4H3/t11-,12-/m1/s1. The van der Waals surface area contributed by atoms with E-state index in [9.17, 15) is 9.50 Å². The molecular weight excluding hydrogens is 221 g/mol. The van der Waals surface area contributed by atoms with Crippen molar-refractivity contribution in [2.75, 3.05) is 7.11 Å². The molecule has 17 heavy (non-hydrogen) atoms. The maximum Gasteiger partial charge on any atom is 0.131 e. The van der Waals surface area contributed by atoms with Gasteiger partial charge in [0.05, 0.1) is 19.3 Å². The van der Waals surface area contributed by atoms with Crippen LogP contribution in [0, 0.1) is 11.2 Å². The van der Waals surface area contributed by atoms with Crippen LogP contribution in [0.25, 0.3) is 0 Å². The number of hydrogen-bond donors (Lipinski definition) is 2. The van der Waals surface area contributed by atoms with Crippen LogP contribution in [0.4, 0.5) is 4.39 Å². The highest BCUT2D eigenvalue weighted by Crippen LogP contribution is 2.34. The summed E-state index contributed by atoms with van der Waals surface area (Å²) in [5.74, 6) is -0.0963. The molecule has 0 amide bonds. The Bertz CT molecular complexity index is 387. The molecule has 0 saturated carbocycles. The molecule has 0 fully saturated rings. The van der Waals surface area contributed by atoms with E-state index >= 15 is 0 Å². The molecule has 0 aliphatic rings. The number of methoxy groups -OCH3 is 1. The SMILES string of the molecule is COc1cccc(F)c1[C@@H](N)[C@@H](O)C(C)(C)C. The Morgan fingerprint density at radius 3 is 2.41 bits per heavy atom. The zero-order valence-corrected chi connectivity index (χ0v) is 10.7. The van der Waals surface area contributed by atoms with Gasteiger partial charge in [-0.2, -0.15) is 0 Å². The second-order valence-electron chi connectivity index (χ2n) is 5.19. The van der Waals surface area contributed by atoms with Crippen LogP contribution in [-0.2, 0) is 0 Å². The summed E-state index contributed by atoms with van der Waals surface area (Å²) in [6.45, 7) is 5.56. The van der Waals surface area contributed by atoms with Crippen LogP contribution in [0.2, 0.25) is 0 Å². The molecule has 1 aromatic carbocycles. The van der Waals surface area contributed by atoms with Crippen LogP contribution in [0.5, 0.6) is 5.75 Å². The average molecular weight is 241 g/mol. The number of benzene rings is 1. The Morgan fingerprint density at radius 2 is 1.94 bits per heavy atom. The first-order valence-electron chi connectivity index (χ1n) is 5.55. The van der Waals surface area contributed by atoms with Crippen LogP contribution >= 0.6 is 0 Å². The van der Waals surface area contributed by atoms with Crippen LogP contribution in [0.1, 0.15) is 32.4 Å². The van der Waals surface area contributed by atoms with Crippen LogP contribution in [-0.4, -0.2) is 18.3 Å². The first-order valence-corrected chi connectivity index (χ1v) is 5.55. The number of halogens is 1. The predicted molar refractivity (Wildman–Crippen MR) is 65.3 cm³/mol. The van der Waals surface area contributed by atoms with Gasteiger partial charge in [0.1, 0.15) is 11.6 Å². The van der Waals surface area contributed by atoms with Crippen molar-refractivity contribution in [1.29, 1.82) is 0 Å². The van der Waals surface area contributed by atoms with E-state index in [4.69, 9.17) is 10.5 Å². The first kappa shape index (κ1) is 13.9. The van der Waals surface area contributed by atoms with Gasteiger partial charge in [0.15, 0.2) is 0 Å². The smallest absolute Gasteiger partial charge is 0.131 e. The van der Waals surface area contributed by atoms with E-state index in [2.05, 4.69) is 0 Å². The van der Waals surface area contributed by atoms with Crippen molar-refractivity contribution < 1.29 is 14.2 Å². The molecule has 96 valence electrons. The Labute approximate surface area is 101 Å². The first-order chi connectivity index (χ1) is 7.79. The molecule has 0 saturated heterocycles. The van der Waals surface area contributed by atoms with Crippen molar-refractivity contribution in [3.05, 3.63) is 29.6 Å². The van der Waals surface area contributed by atoms with E-state index in [0.29, 0.717) is 5.75 Å². The van der Waals surface area contributed by atoms with Crippen LogP contribution < -0.4 is 10.5 Å². The second kappa shape index (κ2) is 5.02. The third-order valence-electron chi connectivity index (χ3n) is 2.79. The molecule has 0 heterocycles. The van der Waals surface area contributed by atoms with Crippen molar-refractivity contribution in [2.45, 2.75) is 32.9 Å². The molecule has 0 aliphatic heterocycles. The van der Waals surface area contributed by atoms with Gasteiger partial charge in [-0.25, -0.2) is 4.39 Å². The number of ether oxygens (including phenoxy) is 1. The van der Waals surface area contributed by atoms with Gasteiger partial charge in [-0.1, -0.05) is 26.8 Å². The molecule has 3 N–H and O–H groups in total. The number of aliphatic hydroxyl groups is 1. The van der Waals surface area contributed by atoms with E-state index in [0.717, 1.165) is 0 Å². The fourth-order valence-corrected chi connectivity index (χ4v) is 1.72. The maximum absolute atomic E-state index is 13.8. The monoisotopic (exact) mass is 241 g/mol. The van der Waals surface area contributed by atoms with Gasteiger partial charge in [-0.3, -0.25) is 0 Å². The number of rotatable bonds is 3. The highest BCUT2D eigenvalue weighted by atomic mass is 19.1. The molecule has 0 radical (unpaired) electrons. The van der Waals surface area contributed by atoms with Crippen molar-refractivity contribution in [3.63, 3.8) is 0 Å². The molecular formula is C13H20FNO2. The summed E-state index contributed by atoms with van der Waals surface area (Å²) in [5, 5.41) is 10.1. The third kappa shape index (κ3) is 2.96. The lowest BCUT2D eigenvalue weighted by Gasteiger charge is -2.31. The summed E-state index contributed by atoms with van der Waals surface area (Å²) in [4.78, 5) is 0. The van der Waals surface area contributed by atoms with Crippen molar-refractivity contribution >= 4 is 0 Å². The van der Waals surface area contributed by atoms with E-state index < -0.39 is 23.4 Å².